The van der Waals surface area contributed by atoms with E-state index in [4.69, 9.17) is 4.98 Å². The van der Waals surface area contributed by atoms with Crippen LogP contribution in [0.3, 0.4) is 0 Å². The number of hydrogen-bond acceptors (Lipinski definition) is 4. The van der Waals surface area contributed by atoms with E-state index in [-0.39, 0.29) is 23.3 Å². The average Bonchev–Trinajstić information content (AvgIpc) is 3.35. The largest absolute Gasteiger partial charge is 0.349 e. The van der Waals surface area contributed by atoms with Crippen LogP contribution < -0.4 is 10.9 Å². The maximum absolute atomic E-state index is 14.3. The Morgan fingerprint density at radius 3 is 2.50 bits per heavy atom. The van der Waals surface area contributed by atoms with E-state index in [1.54, 1.807) is 41.0 Å². The molecule has 3 aromatic carbocycles. The van der Waals surface area contributed by atoms with Crippen molar-refractivity contribution in [2.45, 2.75) is 56.5 Å². The molecule has 1 N–H and O–H groups in total. The number of aryl methyl sites for hydroxylation is 2. The van der Waals surface area contributed by atoms with E-state index < -0.39 is 0 Å². The van der Waals surface area contributed by atoms with Gasteiger partial charge < -0.3 is 5.32 Å². The highest BCUT2D eigenvalue weighted by Gasteiger charge is 2.20. The van der Waals surface area contributed by atoms with Crippen LogP contribution in [-0.4, -0.2) is 21.5 Å². The number of nitrogens with zero attached hydrogens (tertiary/aromatic N) is 2. The lowest BCUT2D eigenvalue weighted by atomic mass is 10.1. The second-order valence-corrected chi connectivity index (χ2v) is 10.4. The van der Waals surface area contributed by atoms with Crippen LogP contribution in [0.2, 0.25) is 0 Å². The Morgan fingerprint density at radius 2 is 1.78 bits per heavy atom. The summed E-state index contributed by atoms with van der Waals surface area (Å²) in [6.07, 6.45) is 4.25. The molecule has 184 valence electrons. The molecule has 1 aromatic heterocycles. The molecule has 0 unspecified atom stereocenters. The number of hydrogen-bond donors (Lipinski definition) is 1. The summed E-state index contributed by atoms with van der Waals surface area (Å²) in [6, 6.07) is 17.8. The molecule has 1 aliphatic rings. The van der Waals surface area contributed by atoms with Crippen molar-refractivity contribution in [1.29, 1.82) is 0 Å². The van der Waals surface area contributed by atoms with Crippen molar-refractivity contribution >= 4 is 28.6 Å². The molecule has 0 aliphatic heterocycles. The van der Waals surface area contributed by atoms with Gasteiger partial charge in [0, 0.05) is 17.4 Å². The summed E-state index contributed by atoms with van der Waals surface area (Å²) >= 11 is 1.30. The lowest BCUT2D eigenvalue weighted by molar-refractivity contribution is 0.0938. The highest BCUT2D eigenvalue weighted by molar-refractivity contribution is 7.98. The average molecular weight is 502 g/mol. The second kappa shape index (κ2) is 10.3. The van der Waals surface area contributed by atoms with Crippen LogP contribution in [0.15, 0.2) is 70.6 Å². The Hall–Kier alpha value is -3.45. The number of halogens is 1. The van der Waals surface area contributed by atoms with E-state index in [9.17, 15) is 14.0 Å². The van der Waals surface area contributed by atoms with Gasteiger partial charge in [-0.1, -0.05) is 48.9 Å². The third-order valence-electron chi connectivity index (χ3n) is 6.57. The fourth-order valence-corrected chi connectivity index (χ4v) is 5.81. The molecule has 0 spiro atoms. The molecule has 0 radical (unpaired) electrons. The SMILES string of the molecule is Cc1cc(C)cc(-n2c(SCc3ccccc3F)nc3cc(C(=O)NC4CCCC4)ccc3c2=O)c1. The molecule has 36 heavy (non-hydrogen) atoms. The number of amides is 1. The topological polar surface area (TPSA) is 64.0 Å². The van der Waals surface area contributed by atoms with Crippen LogP contribution in [0.25, 0.3) is 16.6 Å². The highest BCUT2D eigenvalue weighted by Crippen LogP contribution is 2.27. The van der Waals surface area contributed by atoms with Crippen molar-refractivity contribution in [3.8, 4) is 5.69 Å². The van der Waals surface area contributed by atoms with Gasteiger partial charge in [-0.2, -0.15) is 0 Å². The minimum Gasteiger partial charge on any atom is -0.349 e. The summed E-state index contributed by atoms with van der Waals surface area (Å²) in [6.45, 7) is 3.97. The molecule has 7 heteroatoms. The summed E-state index contributed by atoms with van der Waals surface area (Å²) in [4.78, 5) is 31.4. The molecular weight excluding hydrogens is 473 g/mol. The van der Waals surface area contributed by atoms with Crippen LogP contribution in [0.1, 0.15) is 52.7 Å². The fraction of sp³-hybridized carbons (Fsp3) is 0.276. The smallest absolute Gasteiger partial charge is 0.266 e. The van der Waals surface area contributed by atoms with E-state index >= 15 is 0 Å². The van der Waals surface area contributed by atoms with Gasteiger partial charge in [0.05, 0.1) is 16.6 Å². The van der Waals surface area contributed by atoms with Crippen molar-refractivity contribution in [3.63, 3.8) is 0 Å². The summed E-state index contributed by atoms with van der Waals surface area (Å²) in [5.74, 6) is -0.126. The Kier molecular flexibility index (Phi) is 6.92. The van der Waals surface area contributed by atoms with Crippen molar-refractivity contribution < 1.29 is 9.18 Å². The summed E-state index contributed by atoms with van der Waals surface area (Å²) in [7, 11) is 0. The van der Waals surface area contributed by atoms with Crippen molar-refractivity contribution in [2.75, 3.05) is 0 Å². The number of aromatic nitrogens is 2. The normalized spacial score (nSPS) is 13.9. The molecule has 1 fully saturated rings. The van der Waals surface area contributed by atoms with Gasteiger partial charge in [0.2, 0.25) is 0 Å². The van der Waals surface area contributed by atoms with Gasteiger partial charge in [0.25, 0.3) is 11.5 Å². The van der Waals surface area contributed by atoms with Gasteiger partial charge in [-0.15, -0.1) is 0 Å². The molecule has 5 nitrogen and oxygen atoms in total. The Balaban J connectivity index is 1.59. The predicted molar refractivity (Wildman–Crippen MR) is 142 cm³/mol. The molecule has 0 atom stereocenters. The number of nitrogens with one attached hydrogen (secondary N) is 1. The van der Waals surface area contributed by atoms with Crippen molar-refractivity contribution in [3.05, 3.63) is 99.1 Å². The Labute approximate surface area is 213 Å². The van der Waals surface area contributed by atoms with Gasteiger partial charge in [-0.05, 0) is 79.8 Å². The van der Waals surface area contributed by atoms with Crippen molar-refractivity contribution in [2.24, 2.45) is 0 Å². The third kappa shape index (κ3) is 5.07. The molecule has 0 bridgehead atoms. The summed E-state index contributed by atoms with van der Waals surface area (Å²) in [5.41, 5.74) is 4.02. The number of thioether (sulfide) groups is 1. The van der Waals surface area contributed by atoms with E-state index in [0.29, 0.717) is 38.6 Å². The fourth-order valence-electron chi connectivity index (χ4n) is 4.81. The molecule has 1 aliphatic carbocycles. The number of carbonyl (C=O) groups is 1. The number of carbonyl (C=O) groups excluding carboxylic acids is 1. The lowest BCUT2D eigenvalue weighted by Crippen LogP contribution is -2.32. The molecule has 1 amide bonds. The zero-order chi connectivity index (χ0) is 25.2. The molecule has 1 heterocycles. The van der Waals surface area contributed by atoms with Crippen LogP contribution in [-0.2, 0) is 5.75 Å². The van der Waals surface area contributed by atoms with E-state index in [2.05, 4.69) is 5.32 Å². The monoisotopic (exact) mass is 501 g/mol. The highest BCUT2D eigenvalue weighted by atomic mass is 32.2. The first-order valence-corrected chi connectivity index (χ1v) is 13.2. The minimum absolute atomic E-state index is 0.148. The minimum atomic E-state index is -0.294. The zero-order valence-corrected chi connectivity index (χ0v) is 21.2. The number of rotatable bonds is 6. The lowest BCUT2D eigenvalue weighted by Gasteiger charge is -2.16. The van der Waals surface area contributed by atoms with Crippen LogP contribution in [0, 0.1) is 19.7 Å². The van der Waals surface area contributed by atoms with E-state index in [1.807, 2.05) is 32.0 Å². The number of benzene rings is 3. The first kappa shape index (κ1) is 24.3. The molecule has 1 saturated carbocycles. The van der Waals surface area contributed by atoms with Gasteiger partial charge >= 0.3 is 0 Å². The van der Waals surface area contributed by atoms with Gasteiger partial charge in [-0.3, -0.25) is 14.2 Å². The zero-order valence-electron chi connectivity index (χ0n) is 20.4. The Morgan fingerprint density at radius 1 is 1.06 bits per heavy atom. The van der Waals surface area contributed by atoms with Gasteiger partial charge in [0.1, 0.15) is 5.82 Å². The number of fused-ring (bicyclic) bond motifs is 1. The second-order valence-electron chi connectivity index (χ2n) is 9.45. The van der Waals surface area contributed by atoms with Crippen molar-refractivity contribution in [1.82, 2.24) is 14.9 Å². The molecule has 0 saturated heterocycles. The first-order valence-electron chi connectivity index (χ1n) is 12.2. The standard InChI is InChI=1S/C29H28FN3O2S/c1-18-13-19(2)15-23(14-18)33-28(35)24-12-11-20(27(34)31-22-8-4-5-9-22)16-26(24)32-29(33)36-17-21-7-3-6-10-25(21)30/h3,6-7,10-16,22H,4-5,8-9,17H2,1-2H3,(H,31,34). The van der Waals surface area contributed by atoms with Gasteiger partial charge in [-0.25, -0.2) is 9.37 Å². The van der Waals surface area contributed by atoms with Crippen LogP contribution in [0.5, 0.6) is 0 Å². The maximum atomic E-state index is 14.3. The maximum Gasteiger partial charge on any atom is 0.266 e. The molecule has 5 rings (SSSR count). The summed E-state index contributed by atoms with van der Waals surface area (Å²) < 4.78 is 15.9. The van der Waals surface area contributed by atoms with E-state index in [0.717, 1.165) is 36.8 Å². The van der Waals surface area contributed by atoms with Crippen LogP contribution in [0.4, 0.5) is 4.39 Å². The first-order chi connectivity index (χ1) is 17.4. The predicted octanol–water partition coefficient (Wildman–Crippen LogP) is 6.11. The molecular formula is C29H28FN3O2S. The third-order valence-corrected chi connectivity index (χ3v) is 7.56. The summed E-state index contributed by atoms with van der Waals surface area (Å²) in [5, 5.41) is 3.98. The van der Waals surface area contributed by atoms with E-state index in [1.165, 1.54) is 17.8 Å². The Bertz CT molecular complexity index is 1490. The molecule has 4 aromatic rings. The van der Waals surface area contributed by atoms with Gasteiger partial charge in [0.15, 0.2) is 5.16 Å². The van der Waals surface area contributed by atoms with Crippen LogP contribution >= 0.6 is 11.8 Å². The quantitative estimate of drug-likeness (QED) is 0.256.